The van der Waals surface area contributed by atoms with E-state index in [9.17, 15) is 3.89 Å². The molecule has 1 N–H and O–H groups in total. The highest BCUT2D eigenvalue weighted by atomic mass is 32.2. The molecule has 0 aliphatic rings. The third-order valence-corrected chi connectivity index (χ3v) is 1.96. The molecule has 0 aromatic heterocycles. The Bertz CT molecular complexity index is 224. The molecule has 60 valence electrons. The number of hydrogen-bond donors (Lipinski definition) is 1. The second kappa shape index (κ2) is 3.71. The molecule has 2 nitrogen and oxygen atoms in total. The van der Waals surface area contributed by atoms with Crippen LogP contribution in [0.2, 0.25) is 0 Å². The van der Waals surface area contributed by atoms with Gasteiger partial charge >= 0.3 is 0 Å². The van der Waals surface area contributed by atoms with Gasteiger partial charge in [0, 0.05) is 12.5 Å². The minimum atomic E-state index is -3.02. The maximum atomic E-state index is 12.7. The molecule has 0 fully saturated rings. The van der Waals surface area contributed by atoms with Crippen LogP contribution < -0.4 is 0 Å². The molecule has 0 amide bonds. The van der Waals surface area contributed by atoms with Crippen LogP contribution in [0, 0.1) is 10.7 Å². The van der Waals surface area contributed by atoms with E-state index in [1.54, 1.807) is 6.08 Å². The molecule has 0 saturated carbocycles. The molecular weight excluding hydrogens is 151 g/mol. The molecule has 0 aromatic rings. The summed E-state index contributed by atoms with van der Waals surface area (Å²) in [6.07, 6.45) is 1.66. The second-order valence-corrected chi connectivity index (χ2v) is 4.04. The van der Waals surface area contributed by atoms with Crippen LogP contribution in [0.1, 0.15) is 13.8 Å². The van der Waals surface area contributed by atoms with Crippen molar-refractivity contribution < 1.29 is 3.89 Å². The van der Waals surface area contributed by atoms with Gasteiger partial charge in [0.05, 0.1) is 0 Å². The van der Waals surface area contributed by atoms with Crippen molar-refractivity contribution in [3.05, 3.63) is 11.5 Å². The van der Waals surface area contributed by atoms with Crippen LogP contribution in [0.3, 0.4) is 0 Å². The van der Waals surface area contributed by atoms with Crippen molar-refractivity contribution in [1.82, 2.24) is 0 Å². The zero-order chi connectivity index (χ0) is 8.20. The Hall–Kier alpha value is -0.380. The molecular formula is C6H13FN2S. The van der Waals surface area contributed by atoms with Gasteiger partial charge < -0.3 is 0 Å². The van der Waals surface area contributed by atoms with Gasteiger partial charge in [-0.2, -0.15) is 0 Å². The third-order valence-electron chi connectivity index (χ3n) is 0.910. The molecule has 4 heteroatoms. The van der Waals surface area contributed by atoms with Gasteiger partial charge in [-0.05, 0) is 5.92 Å². The Kier molecular flexibility index (Phi) is 3.57. The van der Waals surface area contributed by atoms with Gasteiger partial charge in [0.15, 0.2) is 0 Å². The summed E-state index contributed by atoms with van der Waals surface area (Å²) in [7, 11) is -1.69. The molecule has 0 spiro atoms. The van der Waals surface area contributed by atoms with Crippen LogP contribution in [0.15, 0.2) is 15.8 Å². The average Bonchev–Trinajstić information content (AvgIpc) is 1.85. The lowest BCUT2D eigenvalue weighted by atomic mass is 10.2. The van der Waals surface area contributed by atoms with Crippen molar-refractivity contribution in [2.75, 3.05) is 7.05 Å². The van der Waals surface area contributed by atoms with E-state index in [0.29, 0.717) is 0 Å². The first kappa shape index (κ1) is 9.62. The highest BCUT2D eigenvalue weighted by Gasteiger charge is 1.91. The van der Waals surface area contributed by atoms with Crippen molar-refractivity contribution >= 4 is 10.0 Å². The van der Waals surface area contributed by atoms with Gasteiger partial charge in [-0.25, -0.2) is 9.14 Å². The Labute approximate surface area is 62.1 Å². The number of hydrogen-bond acceptors (Lipinski definition) is 2. The zero-order valence-corrected chi connectivity index (χ0v) is 7.28. The van der Waals surface area contributed by atoms with Gasteiger partial charge in [-0.15, -0.1) is 3.89 Å². The lowest BCUT2D eigenvalue weighted by Crippen LogP contribution is -1.83. The molecule has 0 heterocycles. The van der Waals surface area contributed by atoms with E-state index >= 15 is 0 Å². The average molecular weight is 164 g/mol. The van der Waals surface area contributed by atoms with E-state index in [0.717, 1.165) is 0 Å². The minimum Gasteiger partial charge on any atom is -0.240 e. The van der Waals surface area contributed by atoms with Gasteiger partial charge in [0.2, 0.25) is 0 Å². The highest BCUT2D eigenvalue weighted by Crippen LogP contribution is 2.03. The van der Waals surface area contributed by atoms with Crippen LogP contribution in [0.25, 0.3) is 0 Å². The van der Waals surface area contributed by atoms with Gasteiger partial charge in [-0.3, -0.25) is 0 Å². The van der Waals surface area contributed by atoms with Crippen LogP contribution in [-0.4, -0.2) is 7.05 Å². The van der Waals surface area contributed by atoms with Gasteiger partial charge in [-0.1, -0.05) is 19.9 Å². The monoisotopic (exact) mass is 164 g/mol. The van der Waals surface area contributed by atoms with E-state index in [2.05, 4.69) is 4.36 Å². The van der Waals surface area contributed by atoms with Crippen molar-refractivity contribution in [3.63, 3.8) is 0 Å². The van der Waals surface area contributed by atoms with E-state index in [1.165, 1.54) is 12.5 Å². The lowest BCUT2D eigenvalue weighted by Gasteiger charge is -1.94. The smallest absolute Gasteiger partial charge is 0.115 e. The van der Waals surface area contributed by atoms with Gasteiger partial charge in [0.25, 0.3) is 0 Å². The van der Waals surface area contributed by atoms with E-state index < -0.39 is 10.0 Å². The summed E-state index contributed by atoms with van der Waals surface area (Å²) < 4.78 is 22.9. The summed E-state index contributed by atoms with van der Waals surface area (Å²) in [4.78, 5) is 0. The SMILES string of the molecule is CN=S(=N)(F)/C=C/C(C)C. The minimum absolute atomic E-state index is 0.287. The number of allylic oxidation sites excluding steroid dienone is 1. The maximum absolute atomic E-state index is 12.7. The molecule has 0 bridgehead atoms. The van der Waals surface area contributed by atoms with Crippen LogP contribution in [0.5, 0.6) is 0 Å². The molecule has 0 rings (SSSR count). The lowest BCUT2D eigenvalue weighted by molar-refractivity contribution is 0.831. The van der Waals surface area contributed by atoms with Crippen molar-refractivity contribution in [3.8, 4) is 0 Å². The van der Waals surface area contributed by atoms with Gasteiger partial charge in [0.1, 0.15) is 10.0 Å². The zero-order valence-electron chi connectivity index (χ0n) is 6.47. The Morgan fingerprint density at radius 3 is 2.40 bits per heavy atom. The first-order valence-electron chi connectivity index (χ1n) is 3.05. The number of rotatable bonds is 2. The van der Waals surface area contributed by atoms with Crippen LogP contribution in [-0.2, 0) is 10.0 Å². The van der Waals surface area contributed by atoms with Crippen LogP contribution in [0.4, 0.5) is 3.89 Å². The topological polar surface area (TPSA) is 36.2 Å². The number of halogens is 1. The summed E-state index contributed by atoms with van der Waals surface area (Å²) in [5.41, 5.74) is 0. The Morgan fingerprint density at radius 2 is 2.10 bits per heavy atom. The Morgan fingerprint density at radius 1 is 1.60 bits per heavy atom. The molecule has 10 heavy (non-hydrogen) atoms. The summed E-state index contributed by atoms with van der Waals surface area (Å²) in [6.45, 7) is 3.86. The third kappa shape index (κ3) is 4.49. The number of nitrogens with zero attached hydrogens (tertiary/aromatic N) is 1. The normalized spacial score (nSPS) is 17.7. The molecule has 1 unspecified atom stereocenters. The maximum Gasteiger partial charge on any atom is 0.115 e. The highest BCUT2D eigenvalue weighted by molar-refractivity contribution is 7.92. The van der Waals surface area contributed by atoms with E-state index in [4.69, 9.17) is 4.78 Å². The summed E-state index contributed by atoms with van der Waals surface area (Å²) in [6, 6.07) is 0. The van der Waals surface area contributed by atoms with E-state index in [-0.39, 0.29) is 5.92 Å². The number of nitrogens with one attached hydrogen (secondary N) is 1. The van der Waals surface area contributed by atoms with Crippen LogP contribution >= 0.6 is 0 Å². The van der Waals surface area contributed by atoms with Crippen molar-refractivity contribution in [1.29, 1.82) is 4.78 Å². The molecule has 0 aliphatic heterocycles. The predicted molar refractivity (Wildman–Crippen MR) is 43.5 cm³/mol. The summed E-state index contributed by atoms with van der Waals surface area (Å²) in [5, 5.41) is 1.23. The molecule has 0 aromatic carbocycles. The molecule has 1 atom stereocenters. The van der Waals surface area contributed by atoms with Crippen molar-refractivity contribution in [2.45, 2.75) is 13.8 Å². The molecule has 0 aliphatic carbocycles. The Balaban J connectivity index is 4.30. The van der Waals surface area contributed by atoms with Crippen molar-refractivity contribution in [2.24, 2.45) is 10.3 Å². The first-order valence-corrected chi connectivity index (χ1v) is 4.60. The quantitative estimate of drug-likeness (QED) is 0.651. The fourth-order valence-electron chi connectivity index (χ4n) is 0.322. The molecule has 0 saturated heterocycles. The molecule has 0 radical (unpaired) electrons. The first-order chi connectivity index (χ1) is 4.48. The summed E-state index contributed by atoms with van der Waals surface area (Å²) in [5.74, 6) is 0.287. The standard InChI is InChI=1S/C6H13FN2S/c1-6(2)4-5-10(7,8)9-3/h4-6,8H,1-3H3/b5-4+. The summed E-state index contributed by atoms with van der Waals surface area (Å²) >= 11 is 0. The van der Waals surface area contributed by atoms with E-state index in [1.807, 2.05) is 13.8 Å². The predicted octanol–water partition coefficient (Wildman–Crippen LogP) is 2.77. The second-order valence-electron chi connectivity index (χ2n) is 2.30. The largest absolute Gasteiger partial charge is 0.240 e. The fraction of sp³-hybridized carbons (Fsp3) is 0.667. The fourth-order valence-corrected chi connectivity index (χ4v) is 0.966.